The summed E-state index contributed by atoms with van der Waals surface area (Å²) in [5.74, 6) is 0.651. The highest BCUT2D eigenvalue weighted by molar-refractivity contribution is 5.85. The van der Waals surface area contributed by atoms with Gasteiger partial charge in [0.05, 0.1) is 24.3 Å². The molecule has 31 heavy (non-hydrogen) atoms. The average molecular weight is 410 g/mol. The third-order valence-corrected chi connectivity index (χ3v) is 5.58. The number of rotatable bonds is 5. The number of pyridine rings is 1. The minimum Gasteiger partial charge on any atom is -0.360 e. The predicted octanol–water partition coefficient (Wildman–Crippen LogP) is 4.20. The number of H-pyrrole nitrogens is 1. The first-order valence-corrected chi connectivity index (χ1v) is 10.2. The lowest BCUT2D eigenvalue weighted by molar-refractivity contribution is 0.670. The average Bonchev–Trinajstić information content (AvgIpc) is 3.26. The number of hydrogen-bond donors (Lipinski definition) is 2. The van der Waals surface area contributed by atoms with Crippen LogP contribution in [0.1, 0.15) is 29.8 Å². The van der Waals surface area contributed by atoms with E-state index in [0.29, 0.717) is 18.0 Å². The second-order valence-corrected chi connectivity index (χ2v) is 7.67. The van der Waals surface area contributed by atoms with Crippen LogP contribution in [0.2, 0.25) is 0 Å². The number of aryl methyl sites for hydroxylation is 1. The lowest BCUT2D eigenvalue weighted by atomic mass is 10.0. The molecule has 7 heteroatoms. The molecule has 0 saturated heterocycles. The number of aromatic amines is 1. The van der Waals surface area contributed by atoms with E-state index in [1.807, 2.05) is 66.9 Å². The van der Waals surface area contributed by atoms with E-state index < -0.39 is 0 Å². The smallest absolute Gasteiger partial charge is 0.259 e. The Bertz CT molecular complexity index is 1440. The van der Waals surface area contributed by atoms with E-state index in [0.717, 1.165) is 33.1 Å². The summed E-state index contributed by atoms with van der Waals surface area (Å²) in [6, 6.07) is 17.9. The van der Waals surface area contributed by atoms with Gasteiger partial charge in [-0.25, -0.2) is 15.0 Å². The number of fused-ring (bicyclic) bond motifs is 2. The Morgan fingerprint density at radius 3 is 2.74 bits per heavy atom. The van der Waals surface area contributed by atoms with Crippen LogP contribution in [-0.4, -0.2) is 24.5 Å². The highest BCUT2D eigenvalue weighted by Crippen LogP contribution is 2.25. The van der Waals surface area contributed by atoms with Crippen molar-refractivity contribution >= 4 is 27.8 Å². The van der Waals surface area contributed by atoms with Gasteiger partial charge in [0.15, 0.2) is 11.5 Å². The second kappa shape index (κ2) is 7.68. The Labute approximate surface area is 178 Å². The van der Waals surface area contributed by atoms with E-state index in [4.69, 9.17) is 0 Å². The summed E-state index contributed by atoms with van der Waals surface area (Å²) in [4.78, 5) is 29.4. The van der Waals surface area contributed by atoms with Gasteiger partial charge < -0.3 is 14.9 Å². The number of hydrogen-bond acceptors (Lipinski definition) is 5. The predicted molar refractivity (Wildman–Crippen MR) is 122 cm³/mol. The van der Waals surface area contributed by atoms with Crippen LogP contribution in [0.3, 0.4) is 0 Å². The summed E-state index contributed by atoms with van der Waals surface area (Å²) in [5, 5.41) is 5.13. The summed E-state index contributed by atoms with van der Waals surface area (Å²) in [6.45, 7) is 4.50. The zero-order valence-electron chi connectivity index (χ0n) is 17.3. The Kier molecular flexibility index (Phi) is 4.71. The molecule has 0 amide bonds. The Balaban J connectivity index is 1.64. The van der Waals surface area contributed by atoms with Gasteiger partial charge in [-0.15, -0.1) is 0 Å². The molecule has 0 bridgehead atoms. The third-order valence-electron chi connectivity index (χ3n) is 5.58. The summed E-state index contributed by atoms with van der Waals surface area (Å²) < 4.78 is 1.85. The van der Waals surface area contributed by atoms with Crippen LogP contribution in [-0.2, 0) is 6.54 Å². The highest BCUT2D eigenvalue weighted by Gasteiger charge is 2.18. The molecule has 0 aliphatic heterocycles. The van der Waals surface area contributed by atoms with Crippen molar-refractivity contribution in [1.82, 2.24) is 24.5 Å². The monoisotopic (exact) mass is 410 g/mol. The van der Waals surface area contributed by atoms with Gasteiger partial charge >= 0.3 is 0 Å². The van der Waals surface area contributed by atoms with Crippen molar-refractivity contribution in [3.05, 3.63) is 94.4 Å². The summed E-state index contributed by atoms with van der Waals surface area (Å²) in [5.41, 5.74) is 4.29. The molecule has 5 aromatic rings. The molecular formula is C24H22N6O. The lowest BCUT2D eigenvalue weighted by Gasteiger charge is -2.22. The van der Waals surface area contributed by atoms with E-state index in [2.05, 4.69) is 31.3 Å². The normalized spacial score (nSPS) is 12.3. The zero-order chi connectivity index (χ0) is 21.4. The largest absolute Gasteiger partial charge is 0.360 e. The Hall–Kier alpha value is -4.00. The maximum absolute atomic E-state index is 13.6. The second-order valence-electron chi connectivity index (χ2n) is 7.67. The molecule has 2 aromatic carbocycles. The fourth-order valence-corrected chi connectivity index (χ4v) is 4.03. The number of nitrogens with one attached hydrogen (secondary N) is 2. The number of nitrogens with zero attached hydrogens (tertiary/aromatic N) is 4. The molecule has 7 nitrogen and oxygen atoms in total. The molecule has 5 rings (SSSR count). The minimum atomic E-state index is -0.178. The van der Waals surface area contributed by atoms with E-state index in [1.54, 1.807) is 6.33 Å². The van der Waals surface area contributed by atoms with Crippen molar-refractivity contribution in [2.45, 2.75) is 26.4 Å². The fourth-order valence-electron chi connectivity index (χ4n) is 4.03. The van der Waals surface area contributed by atoms with Crippen LogP contribution >= 0.6 is 0 Å². The molecular weight excluding hydrogens is 388 g/mol. The molecule has 2 N–H and O–H groups in total. The van der Waals surface area contributed by atoms with Crippen LogP contribution in [0.5, 0.6) is 0 Å². The zero-order valence-corrected chi connectivity index (χ0v) is 17.3. The van der Waals surface area contributed by atoms with Gasteiger partial charge in [0.1, 0.15) is 11.8 Å². The molecule has 154 valence electrons. The molecule has 0 saturated carbocycles. The standard InChI is InChI=1S/C24H22N6O/c1-15-7-6-10-18-11-19(16(2)29-23-21-22(26-13-25-21)27-14-28-23)30(24(31)20(15)18)12-17-8-4-3-5-9-17/h3-11,13-14,16H,12H2,1-2H3,(H2,25,26,27,28,29)/t16-/m0/s1. The molecule has 0 fully saturated rings. The molecule has 0 unspecified atom stereocenters. The summed E-state index contributed by atoms with van der Waals surface area (Å²) in [7, 11) is 0. The summed E-state index contributed by atoms with van der Waals surface area (Å²) >= 11 is 0. The first kappa shape index (κ1) is 19.0. The van der Waals surface area contributed by atoms with Crippen LogP contribution in [0.25, 0.3) is 21.9 Å². The van der Waals surface area contributed by atoms with E-state index in [1.165, 1.54) is 6.33 Å². The van der Waals surface area contributed by atoms with Crippen molar-refractivity contribution < 1.29 is 0 Å². The van der Waals surface area contributed by atoms with Crippen molar-refractivity contribution in [3.63, 3.8) is 0 Å². The number of aromatic nitrogens is 5. The van der Waals surface area contributed by atoms with Crippen molar-refractivity contribution in [2.75, 3.05) is 5.32 Å². The van der Waals surface area contributed by atoms with Crippen LogP contribution in [0, 0.1) is 6.92 Å². The van der Waals surface area contributed by atoms with Crippen LogP contribution in [0.15, 0.2) is 72.0 Å². The topological polar surface area (TPSA) is 88.5 Å². The van der Waals surface area contributed by atoms with E-state index in [-0.39, 0.29) is 11.6 Å². The van der Waals surface area contributed by atoms with Gasteiger partial charge in [-0.3, -0.25) is 4.79 Å². The van der Waals surface area contributed by atoms with Gasteiger partial charge in [-0.1, -0.05) is 48.5 Å². The van der Waals surface area contributed by atoms with Crippen LogP contribution < -0.4 is 10.9 Å². The fraction of sp³-hybridized carbons (Fsp3) is 0.167. The third kappa shape index (κ3) is 3.44. The first-order chi connectivity index (χ1) is 15.1. The van der Waals surface area contributed by atoms with Gasteiger partial charge in [0.2, 0.25) is 0 Å². The molecule has 1 atom stereocenters. The van der Waals surface area contributed by atoms with E-state index in [9.17, 15) is 4.79 Å². The quantitative estimate of drug-likeness (QED) is 0.453. The van der Waals surface area contributed by atoms with E-state index >= 15 is 0 Å². The van der Waals surface area contributed by atoms with Crippen molar-refractivity contribution in [3.8, 4) is 0 Å². The number of anilines is 1. The summed E-state index contributed by atoms with van der Waals surface area (Å²) in [6.07, 6.45) is 3.08. The van der Waals surface area contributed by atoms with Crippen molar-refractivity contribution in [2.24, 2.45) is 0 Å². The number of imidazole rings is 1. The minimum absolute atomic E-state index is 0.0116. The maximum Gasteiger partial charge on any atom is 0.259 e. The Morgan fingerprint density at radius 1 is 1.06 bits per heavy atom. The van der Waals surface area contributed by atoms with Gasteiger partial charge in [0.25, 0.3) is 5.56 Å². The molecule has 0 radical (unpaired) electrons. The van der Waals surface area contributed by atoms with Gasteiger partial charge in [0, 0.05) is 5.69 Å². The maximum atomic E-state index is 13.6. The molecule has 0 spiro atoms. The SMILES string of the molecule is Cc1cccc2cc([C@H](C)Nc3ncnc4nc[nH]c34)n(Cc3ccccc3)c(=O)c12. The molecule has 3 heterocycles. The first-order valence-electron chi connectivity index (χ1n) is 10.2. The highest BCUT2D eigenvalue weighted by atomic mass is 16.1. The van der Waals surface area contributed by atoms with Crippen LogP contribution in [0.4, 0.5) is 5.82 Å². The molecule has 0 aliphatic carbocycles. The molecule has 0 aliphatic rings. The molecule has 3 aromatic heterocycles. The van der Waals surface area contributed by atoms with Crippen molar-refractivity contribution in [1.29, 1.82) is 0 Å². The number of benzene rings is 2. The van der Waals surface area contributed by atoms with Gasteiger partial charge in [-0.05, 0) is 36.4 Å². The lowest BCUT2D eigenvalue weighted by Crippen LogP contribution is -2.28. The van der Waals surface area contributed by atoms with Gasteiger partial charge in [-0.2, -0.15) is 0 Å². The Morgan fingerprint density at radius 2 is 1.90 bits per heavy atom.